The molecule has 2 amide bonds. The van der Waals surface area contributed by atoms with Gasteiger partial charge in [-0.15, -0.1) is 0 Å². The third-order valence-electron chi connectivity index (χ3n) is 4.92. The van der Waals surface area contributed by atoms with Crippen molar-refractivity contribution < 1.29 is 13.7 Å². The molecule has 2 aromatic heterocycles. The van der Waals surface area contributed by atoms with Crippen molar-refractivity contribution in [3.63, 3.8) is 0 Å². The van der Waals surface area contributed by atoms with Crippen LogP contribution in [0.3, 0.4) is 0 Å². The Morgan fingerprint density at radius 1 is 1.03 bits per heavy atom. The molecule has 0 spiro atoms. The van der Waals surface area contributed by atoms with Crippen LogP contribution in [-0.2, 0) is 13.1 Å². The van der Waals surface area contributed by atoms with E-state index in [1.165, 1.54) is 31.4 Å². The number of nitrogens with one attached hydrogen (secondary N) is 2. The summed E-state index contributed by atoms with van der Waals surface area (Å²) in [6.07, 6.45) is 5.41. The van der Waals surface area contributed by atoms with E-state index in [4.69, 9.17) is 4.52 Å². The fourth-order valence-electron chi connectivity index (χ4n) is 3.28. The Morgan fingerprint density at radius 3 is 2.53 bits per heavy atom. The van der Waals surface area contributed by atoms with Gasteiger partial charge in [0.05, 0.1) is 6.54 Å². The first kappa shape index (κ1) is 19.8. The number of piperidine rings is 1. The highest BCUT2D eigenvalue weighted by Gasteiger charge is 2.14. The summed E-state index contributed by atoms with van der Waals surface area (Å²) in [7, 11) is 0. The van der Waals surface area contributed by atoms with Crippen LogP contribution in [0.4, 0.5) is 15.0 Å². The lowest BCUT2D eigenvalue weighted by Crippen LogP contribution is -2.34. The number of hydrogen-bond donors (Lipinski definition) is 2. The second-order valence-electron chi connectivity index (χ2n) is 7.13. The number of amides is 2. The molecule has 3 aromatic rings. The van der Waals surface area contributed by atoms with E-state index >= 15 is 0 Å². The predicted molar refractivity (Wildman–Crippen MR) is 109 cm³/mol. The molecule has 1 fully saturated rings. The van der Waals surface area contributed by atoms with Crippen LogP contribution in [0.25, 0.3) is 11.4 Å². The van der Waals surface area contributed by atoms with Crippen molar-refractivity contribution in [2.24, 2.45) is 0 Å². The molecule has 0 radical (unpaired) electrons. The first-order valence-electron chi connectivity index (χ1n) is 9.97. The highest BCUT2D eigenvalue weighted by molar-refractivity contribution is 5.73. The Balaban J connectivity index is 1.27. The molecule has 0 saturated carbocycles. The first-order valence-corrected chi connectivity index (χ1v) is 9.97. The van der Waals surface area contributed by atoms with E-state index in [0.717, 1.165) is 30.0 Å². The number of pyridine rings is 1. The minimum absolute atomic E-state index is 0.0988. The molecule has 2 N–H and O–H groups in total. The van der Waals surface area contributed by atoms with Gasteiger partial charge < -0.3 is 20.1 Å². The SMILES string of the molecule is O=C(NCc1ccc(F)cc1)NCc1nc(-c2ccc(N3CCCCC3)nc2)no1. The minimum atomic E-state index is -0.383. The van der Waals surface area contributed by atoms with Crippen molar-refractivity contribution in [2.75, 3.05) is 18.0 Å². The molecular formula is C21H23FN6O2. The van der Waals surface area contributed by atoms with E-state index in [9.17, 15) is 9.18 Å². The first-order chi connectivity index (χ1) is 14.7. The minimum Gasteiger partial charge on any atom is -0.357 e. The van der Waals surface area contributed by atoms with E-state index < -0.39 is 0 Å². The zero-order chi connectivity index (χ0) is 20.8. The van der Waals surface area contributed by atoms with E-state index in [2.05, 4.69) is 30.7 Å². The number of nitrogens with zero attached hydrogens (tertiary/aromatic N) is 4. The number of anilines is 1. The van der Waals surface area contributed by atoms with Gasteiger partial charge in [0.2, 0.25) is 11.7 Å². The molecular weight excluding hydrogens is 387 g/mol. The molecule has 1 aromatic carbocycles. The smallest absolute Gasteiger partial charge is 0.315 e. The Bertz CT molecular complexity index is 968. The predicted octanol–water partition coefficient (Wildman–Crippen LogP) is 3.26. The van der Waals surface area contributed by atoms with Crippen LogP contribution >= 0.6 is 0 Å². The monoisotopic (exact) mass is 410 g/mol. The van der Waals surface area contributed by atoms with E-state index in [-0.39, 0.29) is 24.9 Å². The summed E-state index contributed by atoms with van der Waals surface area (Å²) >= 11 is 0. The maximum Gasteiger partial charge on any atom is 0.315 e. The number of hydrogen-bond acceptors (Lipinski definition) is 6. The van der Waals surface area contributed by atoms with Gasteiger partial charge in [0, 0.05) is 31.4 Å². The molecule has 0 aliphatic carbocycles. The lowest BCUT2D eigenvalue weighted by atomic mass is 10.1. The third kappa shape index (κ3) is 5.11. The molecule has 1 aliphatic rings. The summed E-state index contributed by atoms with van der Waals surface area (Å²) in [5, 5.41) is 9.30. The zero-order valence-corrected chi connectivity index (χ0v) is 16.5. The van der Waals surface area contributed by atoms with Gasteiger partial charge in [-0.2, -0.15) is 4.98 Å². The Kier molecular flexibility index (Phi) is 6.17. The molecule has 4 rings (SSSR count). The summed E-state index contributed by atoms with van der Waals surface area (Å²) in [5.41, 5.74) is 1.55. The lowest BCUT2D eigenvalue weighted by Gasteiger charge is -2.27. The fourth-order valence-corrected chi connectivity index (χ4v) is 3.28. The largest absolute Gasteiger partial charge is 0.357 e. The number of aromatic nitrogens is 3. The van der Waals surface area contributed by atoms with Crippen LogP contribution in [0.15, 0.2) is 47.1 Å². The van der Waals surface area contributed by atoms with Crippen LogP contribution in [0.1, 0.15) is 30.7 Å². The number of rotatable bonds is 6. The molecule has 0 bridgehead atoms. The van der Waals surface area contributed by atoms with Gasteiger partial charge in [0.15, 0.2) is 0 Å². The summed E-state index contributed by atoms with van der Waals surface area (Å²) in [6.45, 7) is 2.46. The average Bonchev–Trinajstić information content (AvgIpc) is 3.27. The standard InChI is InChI=1S/C21H23FN6O2/c22-17-7-4-15(5-8-17)12-24-21(29)25-14-19-26-20(27-30-19)16-6-9-18(23-13-16)28-10-2-1-3-11-28/h4-9,13H,1-3,10-12,14H2,(H2,24,25,29). The Morgan fingerprint density at radius 2 is 1.80 bits per heavy atom. The summed E-state index contributed by atoms with van der Waals surface area (Å²) in [6, 6.07) is 9.44. The molecule has 156 valence electrons. The van der Waals surface area contributed by atoms with Crippen LogP contribution in [0.2, 0.25) is 0 Å². The Hall–Kier alpha value is -3.49. The molecule has 3 heterocycles. The highest BCUT2D eigenvalue weighted by Crippen LogP contribution is 2.21. The lowest BCUT2D eigenvalue weighted by molar-refractivity contribution is 0.238. The average molecular weight is 410 g/mol. The van der Waals surface area contributed by atoms with Gasteiger partial charge in [-0.05, 0) is 49.1 Å². The highest BCUT2D eigenvalue weighted by atomic mass is 19.1. The van der Waals surface area contributed by atoms with Crippen molar-refractivity contribution in [3.05, 3.63) is 59.9 Å². The van der Waals surface area contributed by atoms with Crippen molar-refractivity contribution in [2.45, 2.75) is 32.4 Å². The van der Waals surface area contributed by atoms with Gasteiger partial charge in [0.1, 0.15) is 11.6 Å². The molecule has 1 saturated heterocycles. The van der Waals surface area contributed by atoms with E-state index in [1.807, 2.05) is 12.1 Å². The molecule has 30 heavy (non-hydrogen) atoms. The van der Waals surface area contributed by atoms with Gasteiger partial charge in [-0.1, -0.05) is 17.3 Å². The van der Waals surface area contributed by atoms with E-state index in [1.54, 1.807) is 18.3 Å². The third-order valence-corrected chi connectivity index (χ3v) is 4.92. The topological polar surface area (TPSA) is 96.2 Å². The molecule has 1 aliphatic heterocycles. The van der Waals surface area contributed by atoms with Crippen LogP contribution < -0.4 is 15.5 Å². The normalized spacial score (nSPS) is 13.8. The van der Waals surface area contributed by atoms with Crippen LogP contribution in [0, 0.1) is 5.82 Å². The second kappa shape index (κ2) is 9.34. The summed E-state index contributed by atoms with van der Waals surface area (Å²) < 4.78 is 18.1. The van der Waals surface area contributed by atoms with Crippen molar-refractivity contribution in [1.29, 1.82) is 0 Å². The number of benzene rings is 1. The van der Waals surface area contributed by atoms with Crippen LogP contribution in [-0.4, -0.2) is 34.2 Å². The van der Waals surface area contributed by atoms with Gasteiger partial charge in [-0.25, -0.2) is 14.2 Å². The van der Waals surface area contributed by atoms with Crippen molar-refractivity contribution in [3.8, 4) is 11.4 Å². The molecule has 9 heteroatoms. The maximum atomic E-state index is 12.9. The second-order valence-corrected chi connectivity index (χ2v) is 7.13. The Labute approximate surface area is 173 Å². The van der Waals surface area contributed by atoms with Crippen LogP contribution in [0.5, 0.6) is 0 Å². The molecule has 8 nitrogen and oxygen atoms in total. The van der Waals surface area contributed by atoms with Crippen molar-refractivity contribution in [1.82, 2.24) is 25.8 Å². The number of halogens is 1. The number of urea groups is 1. The van der Waals surface area contributed by atoms with Crippen molar-refractivity contribution >= 4 is 11.8 Å². The van der Waals surface area contributed by atoms with Gasteiger partial charge in [-0.3, -0.25) is 0 Å². The summed E-state index contributed by atoms with van der Waals surface area (Å²) in [5.74, 6) is 1.37. The van der Waals surface area contributed by atoms with Gasteiger partial charge >= 0.3 is 6.03 Å². The zero-order valence-electron chi connectivity index (χ0n) is 16.5. The molecule has 0 atom stereocenters. The van der Waals surface area contributed by atoms with E-state index in [0.29, 0.717) is 11.7 Å². The number of carbonyl (C=O) groups excluding carboxylic acids is 1. The quantitative estimate of drug-likeness (QED) is 0.648. The maximum absolute atomic E-state index is 12.9. The molecule has 0 unspecified atom stereocenters. The number of carbonyl (C=O) groups is 1. The fraction of sp³-hybridized carbons (Fsp3) is 0.333. The van der Waals surface area contributed by atoms with Gasteiger partial charge in [0.25, 0.3) is 0 Å². The summed E-state index contributed by atoms with van der Waals surface area (Å²) in [4.78, 5) is 23.0.